The molecular formula is C4H10IN. The Morgan fingerprint density at radius 3 is 2.17 bits per heavy atom. The second-order valence-electron chi connectivity index (χ2n) is 1.38. The van der Waals surface area contributed by atoms with Gasteiger partial charge >= 0.3 is 45.9 Å². The second kappa shape index (κ2) is 2.12. The molecule has 1 nitrogen and oxygen atoms in total. The summed E-state index contributed by atoms with van der Waals surface area (Å²) in [4.78, 5) is 0. The van der Waals surface area contributed by atoms with Crippen molar-refractivity contribution >= 4 is 20.1 Å². The topological polar surface area (TPSA) is 12.0 Å². The normalized spacial score (nSPS) is 26.5. The monoisotopic (exact) mass is 199 g/mol. The van der Waals surface area contributed by atoms with Crippen LogP contribution in [0.25, 0.3) is 0 Å². The van der Waals surface area contributed by atoms with Crippen LogP contribution in [0.5, 0.6) is 0 Å². The molecule has 0 aromatic rings. The summed E-state index contributed by atoms with van der Waals surface area (Å²) in [6.45, 7) is 0. The van der Waals surface area contributed by atoms with Gasteiger partial charge in [0.25, 0.3) is 0 Å². The molecule has 0 saturated carbocycles. The Labute approximate surface area is 46.2 Å². The van der Waals surface area contributed by atoms with Crippen LogP contribution in [0.3, 0.4) is 0 Å². The van der Waals surface area contributed by atoms with E-state index in [1.54, 1.807) is 8.86 Å². The zero-order chi connectivity index (χ0) is 4.41. The van der Waals surface area contributed by atoms with Crippen LogP contribution in [0.1, 0.15) is 6.42 Å². The van der Waals surface area contributed by atoms with Gasteiger partial charge in [-0.3, -0.25) is 0 Å². The molecule has 0 aliphatic carbocycles. The quantitative estimate of drug-likeness (QED) is 0.378. The van der Waals surface area contributed by atoms with Gasteiger partial charge in [0, 0.05) is 0 Å². The summed E-state index contributed by atoms with van der Waals surface area (Å²) >= 11 is -0.370. The van der Waals surface area contributed by atoms with E-state index in [9.17, 15) is 0 Å². The Kier molecular flexibility index (Phi) is 1.71. The van der Waals surface area contributed by atoms with Gasteiger partial charge in [-0.05, 0) is 0 Å². The van der Waals surface area contributed by atoms with Crippen LogP contribution in [0.2, 0.25) is 0 Å². The maximum atomic E-state index is 3.36. The predicted octanol–water partition coefficient (Wildman–Crippen LogP) is 1.03. The number of halogens is 1. The van der Waals surface area contributed by atoms with Crippen molar-refractivity contribution < 1.29 is 0 Å². The van der Waals surface area contributed by atoms with Crippen molar-refractivity contribution in [2.24, 2.45) is 0 Å². The fraction of sp³-hybridized carbons (Fsp3) is 1.00. The molecule has 1 N–H and O–H groups in total. The molecule has 0 bridgehead atoms. The van der Waals surface area contributed by atoms with Gasteiger partial charge in [0.05, 0.1) is 0 Å². The molecule has 0 amide bonds. The van der Waals surface area contributed by atoms with Crippen LogP contribution in [0.15, 0.2) is 0 Å². The molecule has 1 heterocycles. The van der Waals surface area contributed by atoms with Gasteiger partial charge in [-0.15, -0.1) is 0 Å². The fourth-order valence-corrected chi connectivity index (χ4v) is 3.06. The van der Waals surface area contributed by atoms with E-state index in [4.69, 9.17) is 0 Å². The molecule has 0 unspecified atom stereocenters. The number of nitrogens with one attached hydrogen (secondary N) is 1. The third kappa shape index (κ3) is 0.846. The van der Waals surface area contributed by atoms with Crippen LogP contribution in [0, 0.1) is 0 Å². The molecule has 0 aromatic heterocycles. The number of alkyl halides is 2. The average molecular weight is 199 g/mol. The number of rotatable bonds is 1. The summed E-state index contributed by atoms with van der Waals surface area (Å²) in [5, 5.41) is 0. The van der Waals surface area contributed by atoms with Crippen LogP contribution in [0.4, 0.5) is 0 Å². The first-order valence-electron chi connectivity index (χ1n) is 2.22. The van der Waals surface area contributed by atoms with Crippen molar-refractivity contribution in [2.75, 3.05) is 15.9 Å². The van der Waals surface area contributed by atoms with Crippen molar-refractivity contribution in [3.63, 3.8) is 0 Å². The zero-order valence-corrected chi connectivity index (χ0v) is 6.16. The van der Waals surface area contributed by atoms with E-state index in [2.05, 4.69) is 10.6 Å². The van der Waals surface area contributed by atoms with Crippen molar-refractivity contribution in [3.05, 3.63) is 0 Å². The summed E-state index contributed by atoms with van der Waals surface area (Å²) in [6, 6.07) is 0. The van der Waals surface area contributed by atoms with Crippen LogP contribution in [-0.2, 0) is 0 Å². The van der Waals surface area contributed by atoms with Crippen molar-refractivity contribution in [2.45, 2.75) is 6.42 Å². The molecule has 0 spiro atoms. The molecule has 0 radical (unpaired) electrons. The first-order valence-corrected chi connectivity index (χ1v) is 6.35. The van der Waals surface area contributed by atoms with Gasteiger partial charge in [0.2, 0.25) is 0 Å². The van der Waals surface area contributed by atoms with Crippen molar-refractivity contribution in [1.29, 1.82) is 0 Å². The summed E-state index contributed by atoms with van der Waals surface area (Å²) in [7, 11) is 2.10. The van der Waals surface area contributed by atoms with E-state index in [0.29, 0.717) is 0 Å². The van der Waals surface area contributed by atoms with Crippen molar-refractivity contribution in [3.8, 4) is 0 Å². The Hall–Kier alpha value is 0.690. The molecule has 1 aliphatic heterocycles. The third-order valence-electron chi connectivity index (χ3n) is 0.991. The average Bonchev–Trinajstić information content (AvgIpc) is 1.31. The van der Waals surface area contributed by atoms with E-state index in [0.717, 1.165) is 0 Å². The summed E-state index contributed by atoms with van der Waals surface area (Å²) in [5.41, 5.74) is 0. The Balaban J connectivity index is 2.01. The number of hydrogen-bond donors (Lipinski definition) is 1. The molecule has 2 heteroatoms. The predicted molar refractivity (Wildman–Crippen MR) is 37.4 cm³/mol. The molecule has 1 fully saturated rings. The summed E-state index contributed by atoms with van der Waals surface area (Å²) < 4.78 is 6.47. The Morgan fingerprint density at radius 1 is 1.50 bits per heavy atom. The minimum absolute atomic E-state index is 0.370. The van der Waals surface area contributed by atoms with Gasteiger partial charge < -0.3 is 0 Å². The molecule has 1 rings (SSSR count). The molecular weight excluding hydrogens is 189 g/mol. The van der Waals surface area contributed by atoms with Crippen LogP contribution < -0.4 is 3.53 Å². The van der Waals surface area contributed by atoms with E-state index >= 15 is 0 Å². The van der Waals surface area contributed by atoms with Crippen LogP contribution >= 0.6 is 20.1 Å². The van der Waals surface area contributed by atoms with Crippen molar-refractivity contribution in [1.82, 2.24) is 3.53 Å². The molecule has 0 atom stereocenters. The summed E-state index contributed by atoms with van der Waals surface area (Å²) in [5.74, 6) is 0. The van der Waals surface area contributed by atoms with E-state index < -0.39 is 0 Å². The Morgan fingerprint density at radius 2 is 2.17 bits per heavy atom. The molecule has 1 aliphatic rings. The SMILES string of the molecule is CNI1CCC1. The fourth-order valence-electron chi connectivity index (χ4n) is 0.456. The first kappa shape index (κ1) is 4.84. The van der Waals surface area contributed by atoms with E-state index in [1.165, 1.54) is 6.42 Å². The molecule has 38 valence electrons. The number of hydrogen-bond acceptors (Lipinski definition) is 1. The molecule has 0 aromatic carbocycles. The van der Waals surface area contributed by atoms with Gasteiger partial charge in [-0.1, -0.05) is 0 Å². The van der Waals surface area contributed by atoms with Gasteiger partial charge in [0.1, 0.15) is 0 Å². The zero-order valence-electron chi connectivity index (χ0n) is 4.00. The molecule has 6 heavy (non-hydrogen) atoms. The van der Waals surface area contributed by atoms with E-state index in [-0.39, 0.29) is 20.1 Å². The second-order valence-corrected chi connectivity index (χ2v) is 7.22. The third-order valence-corrected chi connectivity index (χ3v) is 6.65. The Bertz CT molecular complexity index is 40.1. The van der Waals surface area contributed by atoms with Gasteiger partial charge in [-0.2, -0.15) is 0 Å². The first-order chi connectivity index (χ1) is 2.93. The van der Waals surface area contributed by atoms with Crippen LogP contribution in [-0.4, -0.2) is 15.9 Å². The van der Waals surface area contributed by atoms with E-state index in [1.807, 2.05) is 0 Å². The minimum atomic E-state index is -0.370. The van der Waals surface area contributed by atoms with Gasteiger partial charge in [0.15, 0.2) is 0 Å². The standard InChI is InChI=1S/C4H10IN/c1-6-5-3-2-4-5/h6H,2-4H2,1H3. The molecule has 1 saturated heterocycles. The maximum absolute atomic E-state index is 3.36. The van der Waals surface area contributed by atoms with Gasteiger partial charge in [-0.25, -0.2) is 0 Å². The summed E-state index contributed by atoms with van der Waals surface area (Å²) in [6.07, 6.45) is 1.51.